The van der Waals surface area contributed by atoms with Crippen molar-refractivity contribution < 1.29 is 17.9 Å². The summed E-state index contributed by atoms with van der Waals surface area (Å²) in [7, 11) is 0. The summed E-state index contributed by atoms with van der Waals surface area (Å²) in [5.74, 6) is 0.211. The molecule has 1 aliphatic heterocycles. The van der Waals surface area contributed by atoms with E-state index < -0.39 is 11.6 Å². The average molecular weight is 471 g/mol. The average Bonchev–Trinajstić information content (AvgIpc) is 3.70. The maximum atomic E-state index is 15.1. The fourth-order valence-electron chi connectivity index (χ4n) is 6.44. The molecule has 1 nitrogen and oxygen atoms in total. The minimum Gasteiger partial charge on any atom is -0.368 e. The standard InChI is InChI=1S/C30H37F3O/c1-2-19-5-10-22(11-6-19)24-15-16-25(30(33)29(24)32)23-12-7-20(8-13-23)3-4-21-9-14-26(27(31)17-21)28-18-34-28/h9,14-17,19-20,22-23,28H,2-8,10-13,18H2,1H3. The van der Waals surface area contributed by atoms with Crippen molar-refractivity contribution in [3.63, 3.8) is 0 Å². The van der Waals surface area contributed by atoms with Gasteiger partial charge in [-0.2, -0.15) is 0 Å². The molecule has 5 rings (SSSR count). The van der Waals surface area contributed by atoms with Gasteiger partial charge in [0.1, 0.15) is 11.9 Å². The largest absolute Gasteiger partial charge is 0.368 e. The lowest BCUT2D eigenvalue weighted by Crippen LogP contribution is -2.17. The van der Waals surface area contributed by atoms with Crippen LogP contribution >= 0.6 is 0 Å². The van der Waals surface area contributed by atoms with E-state index in [2.05, 4.69) is 6.92 Å². The molecule has 0 radical (unpaired) electrons. The van der Waals surface area contributed by atoms with Gasteiger partial charge in [0.25, 0.3) is 0 Å². The predicted molar refractivity (Wildman–Crippen MR) is 129 cm³/mol. The van der Waals surface area contributed by atoms with E-state index in [-0.39, 0.29) is 23.8 Å². The van der Waals surface area contributed by atoms with Crippen LogP contribution in [0.25, 0.3) is 0 Å². The highest BCUT2D eigenvalue weighted by molar-refractivity contribution is 5.32. The van der Waals surface area contributed by atoms with E-state index in [1.54, 1.807) is 6.07 Å². The van der Waals surface area contributed by atoms with Crippen molar-refractivity contribution in [1.82, 2.24) is 0 Å². The van der Waals surface area contributed by atoms with Gasteiger partial charge in [0.2, 0.25) is 0 Å². The summed E-state index contributed by atoms with van der Waals surface area (Å²) in [5.41, 5.74) is 2.86. The first-order chi connectivity index (χ1) is 16.5. The number of halogens is 3. The molecule has 184 valence electrons. The fourth-order valence-corrected chi connectivity index (χ4v) is 6.44. The van der Waals surface area contributed by atoms with Crippen LogP contribution in [0.15, 0.2) is 30.3 Å². The van der Waals surface area contributed by atoms with E-state index in [4.69, 9.17) is 4.74 Å². The first-order valence-corrected chi connectivity index (χ1v) is 13.4. The first-order valence-electron chi connectivity index (χ1n) is 13.4. The zero-order valence-electron chi connectivity index (χ0n) is 20.3. The van der Waals surface area contributed by atoms with Gasteiger partial charge in [0, 0.05) is 5.56 Å². The normalized spacial score (nSPS) is 29.2. The van der Waals surface area contributed by atoms with Crippen molar-refractivity contribution in [2.24, 2.45) is 11.8 Å². The minimum atomic E-state index is -0.603. The van der Waals surface area contributed by atoms with E-state index in [9.17, 15) is 4.39 Å². The molecule has 2 aromatic rings. The molecule has 3 fully saturated rings. The van der Waals surface area contributed by atoms with E-state index in [0.717, 1.165) is 75.7 Å². The van der Waals surface area contributed by atoms with Crippen molar-refractivity contribution in [3.8, 4) is 0 Å². The van der Waals surface area contributed by atoms with Crippen LogP contribution in [-0.2, 0) is 11.2 Å². The molecule has 2 saturated carbocycles. The molecule has 0 amide bonds. The van der Waals surface area contributed by atoms with Crippen LogP contribution in [-0.4, -0.2) is 6.61 Å². The second kappa shape index (κ2) is 10.4. The lowest BCUT2D eigenvalue weighted by molar-refractivity contribution is 0.301. The topological polar surface area (TPSA) is 12.5 Å². The highest BCUT2D eigenvalue weighted by Gasteiger charge is 2.30. The minimum absolute atomic E-state index is 0.0558. The third-order valence-electron chi connectivity index (χ3n) is 8.88. The molecule has 1 atom stereocenters. The molecule has 2 aliphatic carbocycles. The van der Waals surface area contributed by atoms with Gasteiger partial charge >= 0.3 is 0 Å². The Hall–Kier alpha value is -1.81. The molecule has 0 aromatic heterocycles. The van der Waals surface area contributed by atoms with Crippen molar-refractivity contribution in [1.29, 1.82) is 0 Å². The molecule has 0 spiro atoms. The van der Waals surface area contributed by atoms with Gasteiger partial charge in [-0.1, -0.05) is 37.6 Å². The Morgan fingerprint density at radius 3 is 1.76 bits per heavy atom. The lowest BCUT2D eigenvalue weighted by Gasteiger charge is -2.31. The molecule has 1 unspecified atom stereocenters. The maximum absolute atomic E-state index is 15.1. The Bertz CT molecular complexity index is 983. The number of aryl methyl sites for hydroxylation is 1. The predicted octanol–water partition coefficient (Wildman–Crippen LogP) is 8.77. The third-order valence-corrected chi connectivity index (χ3v) is 8.88. The lowest BCUT2D eigenvalue weighted by atomic mass is 9.75. The third kappa shape index (κ3) is 5.22. The van der Waals surface area contributed by atoms with Crippen LogP contribution < -0.4 is 0 Å². The van der Waals surface area contributed by atoms with Crippen LogP contribution in [0.4, 0.5) is 13.2 Å². The Labute approximate surface area is 202 Å². The SMILES string of the molecule is CCC1CCC(c2ccc(C3CCC(CCc4ccc(C5CO5)c(F)c4)CC3)c(F)c2F)CC1. The van der Waals surface area contributed by atoms with Crippen LogP contribution in [0, 0.1) is 29.3 Å². The number of rotatable bonds is 7. The summed E-state index contributed by atoms with van der Waals surface area (Å²) in [6.07, 6.45) is 11.0. The Balaban J connectivity index is 1.15. The number of epoxide rings is 1. The Morgan fingerprint density at radius 1 is 0.735 bits per heavy atom. The summed E-state index contributed by atoms with van der Waals surface area (Å²) in [6, 6.07) is 9.27. The zero-order valence-corrected chi connectivity index (χ0v) is 20.3. The van der Waals surface area contributed by atoms with Crippen LogP contribution in [0.1, 0.15) is 111 Å². The molecule has 3 aliphatic rings. The van der Waals surface area contributed by atoms with Gasteiger partial charge in [0.05, 0.1) is 6.61 Å². The van der Waals surface area contributed by atoms with Gasteiger partial charge in [-0.15, -0.1) is 0 Å². The highest BCUT2D eigenvalue weighted by Crippen LogP contribution is 2.42. The molecule has 1 heterocycles. The van der Waals surface area contributed by atoms with E-state index in [1.165, 1.54) is 6.42 Å². The van der Waals surface area contributed by atoms with Gasteiger partial charge in [-0.25, -0.2) is 13.2 Å². The highest BCUT2D eigenvalue weighted by atomic mass is 19.2. The molecule has 34 heavy (non-hydrogen) atoms. The van der Waals surface area contributed by atoms with Gasteiger partial charge in [-0.05, 0) is 111 Å². The number of hydrogen-bond donors (Lipinski definition) is 0. The summed E-state index contributed by atoms with van der Waals surface area (Å²) >= 11 is 0. The van der Waals surface area contributed by atoms with Gasteiger partial charge in [0.15, 0.2) is 11.6 Å². The van der Waals surface area contributed by atoms with Gasteiger partial charge in [-0.3, -0.25) is 0 Å². The Kier molecular flexibility index (Phi) is 7.34. The van der Waals surface area contributed by atoms with E-state index in [1.807, 2.05) is 24.3 Å². The van der Waals surface area contributed by atoms with E-state index >= 15 is 8.78 Å². The van der Waals surface area contributed by atoms with Crippen molar-refractivity contribution in [2.75, 3.05) is 6.61 Å². The maximum Gasteiger partial charge on any atom is 0.162 e. The molecular weight excluding hydrogens is 433 g/mol. The summed E-state index contributed by atoms with van der Waals surface area (Å²) in [6.45, 7) is 2.84. The second-order valence-electron chi connectivity index (χ2n) is 10.9. The van der Waals surface area contributed by atoms with Crippen LogP contribution in [0.2, 0.25) is 0 Å². The summed E-state index contributed by atoms with van der Waals surface area (Å²) in [5, 5.41) is 0. The molecule has 0 bridgehead atoms. The smallest absolute Gasteiger partial charge is 0.162 e. The molecule has 0 N–H and O–H groups in total. The second-order valence-corrected chi connectivity index (χ2v) is 10.9. The van der Waals surface area contributed by atoms with Crippen molar-refractivity contribution >= 4 is 0 Å². The van der Waals surface area contributed by atoms with Crippen LogP contribution in [0.3, 0.4) is 0 Å². The first kappa shape index (κ1) is 23.9. The number of ether oxygens (including phenoxy) is 1. The molecule has 4 heteroatoms. The quantitative estimate of drug-likeness (QED) is 0.368. The van der Waals surface area contributed by atoms with Crippen molar-refractivity contribution in [2.45, 2.75) is 95.5 Å². The Morgan fingerprint density at radius 2 is 1.26 bits per heavy atom. The fraction of sp³-hybridized carbons (Fsp3) is 0.600. The summed E-state index contributed by atoms with van der Waals surface area (Å²) in [4.78, 5) is 0. The number of hydrogen-bond acceptors (Lipinski definition) is 1. The summed E-state index contributed by atoms with van der Waals surface area (Å²) < 4.78 is 49.6. The van der Waals surface area contributed by atoms with Crippen molar-refractivity contribution in [3.05, 3.63) is 70.0 Å². The van der Waals surface area contributed by atoms with Crippen LogP contribution in [0.5, 0.6) is 0 Å². The monoisotopic (exact) mass is 470 g/mol. The molecule has 2 aromatic carbocycles. The molecule has 1 saturated heterocycles. The van der Waals surface area contributed by atoms with Gasteiger partial charge < -0.3 is 4.74 Å². The number of benzene rings is 2. The molecular formula is C30H37F3O. The zero-order chi connectivity index (χ0) is 23.7. The van der Waals surface area contributed by atoms with E-state index in [0.29, 0.717) is 29.2 Å².